The number of likely N-dealkylation sites (N-methyl/N-ethyl adjacent to an activating group) is 1. The fourth-order valence-electron chi connectivity index (χ4n) is 2.47. The van der Waals surface area contributed by atoms with Crippen molar-refractivity contribution >= 4 is 11.9 Å². The molecule has 0 spiro atoms. The molecule has 0 amide bonds. The smallest absolute Gasteiger partial charge is 0.257 e. The molecule has 2 aromatic heterocycles. The van der Waals surface area contributed by atoms with Gasteiger partial charge < -0.3 is 9.80 Å². The van der Waals surface area contributed by atoms with Crippen LogP contribution in [-0.2, 0) is 0 Å². The van der Waals surface area contributed by atoms with E-state index in [1.54, 1.807) is 17.1 Å². The van der Waals surface area contributed by atoms with Gasteiger partial charge in [-0.25, -0.2) is 10.5 Å². The van der Waals surface area contributed by atoms with E-state index >= 15 is 0 Å². The number of aromatic nitrogens is 5. The molecule has 0 saturated carbocycles. The van der Waals surface area contributed by atoms with Crippen LogP contribution in [-0.4, -0.2) is 62.4 Å². The van der Waals surface area contributed by atoms with E-state index < -0.39 is 0 Å². The van der Waals surface area contributed by atoms with Gasteiger partial charge >= 0.3 is 0 Å². The summed E-state index contributed by atoms with van der Waals surface area (Å²) < 4.78 is 1.59. The second-order valence-corrected chi connectivity index (χ2v) is 5.16. The van der Waals surface area contributed by atoms with Crippen LogP contribution in [0.5, 0.6) is 0 Å². The first kappa shape index (κ1) is 13.7. The van der Waals surface area contributed by atoms with Gasteiger partial charge in [0.05, 0.1) is 0 Å². The highest BCUT2D eigenvalue weighted by Crippen LogP contribution is 2.18. The molecule has 3 N–H and O–H groups in total. The Hall–Kier alpha value is -2.26. The molecule has 3 rings (SSSR count). The SMILES string of the molecule is CC1CN(C)CCN1c1nc(NN)nc(-n2cccn2)n1. The first-order valence-corrected chi connectivity index (χ1v) is 6.85. The first-order valence-electron chi connectivity index (χ1n) is 6.85. The number of rotatable bonds is 3. The lowest BCUT2D eigenvalue weighted by Crippen LogP contribution is -2.51. The molecule has 1 saturated heterocycles. The zero-order chi connectivity index (χ0) is 14.8. The van der Waals surface area contributed by atoms with Crippen molar-refractivity contribution in [2.45, 2.75) is 13.0 Å². The number of anilines is 2. The van der Waals surface area contributed by atoms with E-state index in [4.69, 9.17) is 5.84 Å². The van der Waals surface area contributed by atoms with Crippen LogP contribution in [0.15, 0.2) is 18.5 Å². The zero-order valence-electron chi connectivity index (χ0n) is 12.1. The van der Waals surface area contributed by atoms with Gasteiger partial charge in [-0.15, -0.1) is 0 Å². The van der Waals surface area contributed by atoms with Gasteiger partial charge in [-0.05, 0) is 20.0 Å². The van der Waals surface area contributed by atoms with Crippen molar-refractivity contribution in [3.8, 4) is 5.95 Å². The molecule has 1 aliphatic heterocycles. The van der Waals surface area contributed by atoms with E-state index in [1.165, 1.54) is 0 Å². The summed E-state index contributed by atoms with van der Waals surface area (Å²) in [6.45, 7) is 4.96. The summed E-state index contributed by atoms with van der Waals surface area (Å²) in [6.07, 6.45) is 3.46. The third kappa shape index (κ3) is 2.78. The molecule has 21 heavy (non-hydrogen) atoms. The Morgan fingerprint density at radius 2 is 2.05 bits per heavy atom. The van der Waals surface area contributed by atoms with Crippen LogP contribution in [0.1, 0.15) is 6.92 Å². The fourth-order valence-corrected chi connectivity index (χ4v) is 2.47. The first-order chi connectivity index (χ1) is 10.2. The molecular weight excluding hydrogens is 270 g/mol. The van der Waals surface area contributed by atoms with Crippen LogP contribution in [0, 0.1) is 0 Å². The van der Waals surface area contributed by atoms with Gasteiger partial charge in [0.15, 0.2) is 0 Å². The van der Waals surface area contributed by atoms with Crippen molar-refractivity contribution in [1.82, 2.24) is 29.6 Å². The molecule has 3 heterocycles. The number of nitrogens with two attached hydrogens (primary N) is 1. The maximum absolute atomic E-state index is 5.47. The summed E-state index contributed by atoms with van der Waals surface area (Å²) in [4.78, 5) is 17.6. The summed E-state index contributed by atoms with van der Waals surface area (Å²) >= 11 is 0. The van der Waals surface area contributed by atoms with Gasteiger partial charge in [-0.2, -0.15) is 20.1 Å². The van der Waals surface area contributed by atoms with Crippen molar-refractivity contribution in [3.05, 3.63) is 18.5 Å². The molecular formula is C12H19N9. The molecule has 0 aliphatic carbocycles. The Morgan fingerprint density at radius 3 is 2.71 bits per heavy atom. The quantitative estimate of drug-likeness (QED) is 0.575. The average molecular weight is 289 g/mol. The molecule has 0 aromatic carbocycles. The summed E-state index contributed by atoms with van der Waals surface area (Å²) in [6, 6.07) is 2.14. The molecule has 112 valence electrons. The molecule has 1 atom stereocenters. The van der Waals surface area contributed by atoms with Gasteiger partial charge in [0.25, 0.3) is 5.95 Å². The lowest BCUT2D eigenvalue weighted by Gasteiger charge is -2.38. The predicted molar refractivity (Wildman–Crippen MR) is 79.1 cm³/mol. The highest BCUT2D eigenvalue weighted by Gasteiger charge is 2.24. The topological polar surface area (TPSA) is 101 Å². The van der Waals surface area contributed by atoms with Crippen molar-refractivity contribution in [3.63, 3.8) is 0 Å². The van der Waals surface area contributed by atoms with Crippen LogP contribution >= 0.6 is 0 Å². The monoisotopic (exact) mass is 289 g/mol. The predicted octanol–water partition coefficient (Wildman–Crippen LogP) is -0.517. The van der Waals surface area contributed by atoms with Gasteiger partial charge in [0.2, 0.25) is 11.9 Å². The Bertz CT molecular complexity index is 597. The number of hydrogen-bond donors (Lipinski definition) is 2. The van der Waals surface area contributed by atoms with E-state index in [-0.39, 0.29) is 0 Å². The van der Waals surface area contributed by atoms with Crippen LogP contribution in [0.25, 0.3) is 5.95 Å². The molecule has 9 nitrogen and oxygen atoms in total. The minimum Gasteiger partial charge on any atom is -0.335 e. The highest BCUT2D eigenvalue weighted by atomic mass is 15.4. The van der Waals surface area contributed by atoms with E-state index in [9.17, 15) is 0 Å². The molecule has 0 radical (unpaired) electrons. The van der Waals surface area contributed by atoms with Crippen LogP contribution in [0.2, 0.25) is 0 Å². The Balaban J connectivity index is 1.96. The number of nitrogens with zero attached hydrogens (tertiary/aromatic N) is 7. The highest BCUT2D eigenvalue weighted by molar-refractivity contribution is 5.40. The molecule has 1 aliphatic rings. The van der Waals surface area contributed by atoms with Crippen molar-refractivity contribution in [2.75, 3.05) is 37.0 Å². The van der Waals surface area contributed by atoms with Crippen LogP contribution in [0.3, 0.4) is 0 Å². The number of nitrogen functional groups attached to an aromatic ring is 1. The van der Waals surface area contributed by atoms with E-state index in [2.05, 4.69) is 49.2 Å². The summed E-state index contributed by atoms with van der Waals surface area (Å²) in [5.74, 6) is 6.86. The average Bonchev–Trinajstić information content (AvgIpc) is 3.01. The van der Waals surface area contributed by atoms with Crippen molar-refractivity contribution in [2.24, 2.45) is 5.84 Å². The fraction of sp³-hybridized carbons (Fsp3) is 0.500. The Kier molecular flexibility index (Phi) is 3.67. The summed E-state index contributed by atoms with van der Waals surface area (Å²) in [5, 5.41) is 4.15. The number of hydrazine groups is 1. The normalized spacial score (nSPS) is 19.8. The van der Waals surface area contributed by atoms with Crippen LogP contribution in [0.4, 0.5) is 11.9 Å². The standard InChI is InChI=1S/C12H19N9/c1-9-8-19(2)6-7-20(9)11-15-10(18-13)16-12(17-11)21-5-3-4-14-21/h3-5,9H,6-8,13H2,1-2H3,(H,15,16,17,18). The maximum atomic E-state index is 5.47. The second kappa shape index (κ2) is 5.62. The van der Waals surface area contributed by atoms with Crippen LogP contribution < -0.4 is 16.2 Å². The lowest BCUT2D eigenvalue weighted by molar-refractivity contribution is 0.273. The summed E-state index contributed by atoms with van der Waals surface area (Å²) in [5.41, 5.74) is 2.49. The van der Waals surface area contributed by atoms with Crippen molar-refractivity contribution < 1.29 is 0 Å². The summed E-state index contributed by atoms with van der Waals surface area (Å²) in [7, 11) is 2.11. The third-order valence-corrected chi connectivity index (χ3v) is 3.54. The molecule has 0 bridgehead atoms. The second-order valence-electron chi connectivity index (χ2n) is 5.16. The van der Waals surface area contributed by atoms with Gasteiger partial charge in [-0.3, -0.25) is 5.43 Å². The number of hydrogen-bond acceptors (Lipinski definition) is 8. The van der Waals surface area contributed by atoms with Gasteiger partial charge in [-0.1, -0.05) is 0 Å². The third-order valence-electron chi connectivity index (χ3n) is 3.54. The zero-order valence-corrected chi connectivity index (χ0v) is 12.1. The molecule has 1 fully saturated rings. The molecule has 1 unspecified atom stereocenters. The Labute approximate surface area is 122 Å². The number of piperazine rings is 1. The van der Waals surface area contributed by atoms with E-state index in [0.29, 0.717) is 23.9 Å². The van der Waals surface area contributed by atoms with E-state index in [0.717, 1.165) is 19.6 Å². The van der Waals surface area contributed by atoms with Gasteiger partial charge in [0.1, 0.15) is 0 Å². The van der Waals surface area contributed by atoms with E-state index in [1.807, 2.05) is 6.07 Å². The molecule has 2 aromatic rings. The van der Waals surface area contributed by atoms with Gasteiger partial charge in [0, 0.05) is 38.1 Å². The minimum absolute atomic E-state index is 0.322. The Morgan fingerprint density at radius 1 is 1.24 bits per heavy atom. The lowest BCUT2D eigenvalue weighted by atomic mass is 10.2. The minimum atomic E-state index is 0.322. The number of nitrogens with one attached hydrogen (secondary N) is 1. The maximum Gasteiger partial charge on any atom is 0.257 e. The van der Waals surface area contributed by atoms with Crippen molar-refractivity contribution in [1.29, 1.82) is 0 Å². The largest absolute Gasteiger partial charge is 0.335 e. The molecule has 9 heteroatoms.